The van der Waals surface area contributed by atoms with Crippen LogP contribution in [0.1, 0.15) is 23.7 Å². The highest BCUT2D eigenvalue weighted by atomic mass is 32.1. The molecule has 2 heterocycles. The largest absolute Gasteiger partial charge is 0.295 e. The fraction of sp³-hybridized carbons (Fsp3) is 0.136. The predicted octanol–water partition coefficient (Wildman–Crippen LogP) is 4.91. The number of nitrogens with one attached hydrogen (secondary N) is 1. The first-order valence-electron chi connectivity index (χ1n) is 9.11. The summed E-state index contributed by atoms with van der Waals surface area (Å²) >= 11 is 1.46. The number of rotatable bonds is 5. The lowest BCUT2D eigenvalue weighted by Crippen LogP contribution is -2.17. The maximum absolute atomic E-state index is 12.7. The zero-order valence-corrected chi connectivity index (χ0v) is 16.5. The minimum absolute atomic E-state index is 0.126. The molecule has 0 atom stereocenters. The van der Waals surface area contributed by atoms with Crippen molar-refractivity contribution in [3.05, 3.63) is 87.2 Å². The second-order valence-electron chi connectivity index (χ2n) is 6.45. The number of hydrogen-bond donors (Lipinski definition) is 1. The van der Waals surface area contributed by atoms with E-state index in [4.69, 9.17) is 0 Å². The number of hydrogen-bond acceptors (Lipinski definition) is 4. The third kappa shape index (κ3) is 3.59. The smallest absolute Gasteiger partial charge is 0.280 e. The average Bonchev–Trinajstić information content (AvgIpc) is 3.32. The molecule has 5 nitrogen and oxygen atoms in total. The zero-order chi connectivity index (χ0) is 19.5. The lowest BCUT2D eigenvalue weighted by atomic mass is 10.1. The van der Waals surface area contributed by atoms with E-state index >= 15 is 0 Å². The van der Waals surface area contributed by atoms with Crippen molar-refractivity contribution in [2.24, 2.45) is 4.99 Å². The van der Waals surface area contributed by atoms with E-state index < -0.39 is 0 Å². The molecular formula is C22H20N4OS. The van der Waals surface area contributed by atoms with Gasteiger partial charge in [-0.25, -0.2) is 14.7 Å². The van der Waals surface area contributed by atoms with Gasteiger partial charge in [-0.1, -0.05) is 49.4 Å². The molecule has 140 valence electrons. The highest BCUT2D eigenvalue weighted by Gasteiger charge is 2.11. The maximum Gasteiger partial charge on any atom is 0.280 e. The second kappa shape index (κ2) is 7.78. The number of aliphatic imine (C=N–C) groups is 1. The van der Waals surface area contributed by atoms with Gasteiger partial charge >= 0.3 is 0 Å². The highest BCUT2D eigenvalue weighted by Crippen LogP contribution is 2.27. The van der Waals surface area contributed by atoms with Crippen molar-refractivity contribution in [2.45, 2.75) is 20.3 Å². The Morgan fingerprint density at radius 2 is 1.89 bits per heavy atom. The van der Waals surface area contributed by atoms with Gasteiger partial charge in [-0.3, -0.25) is 9.89 Å². The summed E-state index contributed by atoms with van der Waals surface area (Å²) < 4.78 is 1.53. The topological polar surface area (TPSA) is 63.0 Å². The molecule has 0 aliphatic carbocycles. The second-order valence-corrected chi connectivity index (χ2v) is 7.29. The Labute approximate surface area is 167 Å². The van der Waals surface area contributed by atoms with Gasteiger partial charge in [-0.2, -0.15) is 0 Å². The molecule has 0 radical (unpaired) electrons. The van der Waals surface area contributed by atoms with Crippen LogP contribution >= 0.6 is 11.3 Å². The Hall–Kier alpha value is -3.25. The third-order valence-electron chi connectivity index (χ3n) is 4.59. The number of H-pyrrole nitrogens is 1. The van der Waals surface area contributed by atoms with Crippen LogP contribution in [0.3, 0.4) is 0 Å². The fourth-order valence-corrected chi connectivity index (χ4v) is 3.63. The van der Waals surface area contributed by atoms with Crippen molar-refractivity contribution in [1.29, 1.82) is 0 Å². The molecule has 0 aliphatic heterocycles. The molecule has 4 rings (SSSR count). The van der Waals surface area contributed by atoms with Crippen LogP contribution in [0.2, 0.25) is 0 Å². The molecule has 28 heavy (non-hydrogen) atoms. The van der Waals surface area contributed by atoms with Gasteiger partial charge in [-0.05, 0) is 31.0 Å². The SMILES string of the molecule is CCc1ccc(-c2csc(N=Cc3c(C)[nH]n(-c4ccccc4)c3=O)n2)cc1. The highest BCUT2D eigenvalue weighted by molar-refractivity contribution is 7.13. The van der Waals surface area contributed by atoms with Gasteiger partial charge in [0.25, 0.3) is 5.56 Å². The van der Waals surface area contributed by atoms with Gasteiger partial charge in [0.2, 0.25) is 5.13 Å². The van der Waals surface area contributed by atoms with Gasteiger partial charge < -0.3 is 0 Å². The van der Waals surface area contributed by atoms with Crippen LogP contribution in [-0.4, -0.2) is 21.0 Å². The zero-order valence-electron chi connectivity index (χ0n) is 15.7. The first-order valence-corrected chi connectivity index (χ1v) is 9.99. The standard InChI is InChI=1S/C22H20N4OS/c1-3-16-9-11-17(12-10-16)20-14-28-22(24-20)23-13-19-15(2)25-26(21(19)27)18-7-5-4-6-8-18/h4-14,25H,3H2,1-2H3. The Bertz CT molecular complexity index is 1170. The molecule has 2 aromatic carbocycles. The van der Waals surface area contributed by atoms with E-state index in [-0.39, 0.29) is 5.56 Å². The minimum Gasteiger partial charge on any atom is -0.295 e. The first-order chi connectivity index (χ1) is 13.7. The van der Waals surface area contributed by atoms with E-state index in [0.29, 0.717) is 10.7 Å². The molecule has 4 aromatic rings. The number of benzene rings is 2. The number of aryl methyl sites for hydroxylation is 2. The fourth-order valence-electron chi connectivity index (χ4n) is 2.96. The molecule has 0 saturated carbocycles. The van der Waals surface area contributed by atoms with Crippen molar-refractivity contribution in [3.63, 3.8) is 0 Å². The van der Waals surface area contributed by atoms with E-state index in [2.05, 4.69) is 46.3 Å². The van der Waals surface area contributed by atoms with E-state index in [0.717, 1.165) is 29.1 Å². The van der Waals surface area contributed by atoms with Crippen LogP contribution in [0.5, 0.6) is 0 Å². The van der Waals surface area contributed by atoms with Crippen molar-refractivity contribution in [2.75, 3.05) is 0 Å². The number of thiazole rings is 1. The summed E-state index contributed by atoms with van der Waals surface area (Å²) in [6.07, 6.45) is 2.61. The van der Waals surface area contributed by atoms with Crippen LogP contribution in [0, 0.1) is 6.92 Å². The van der Waals surface area contributed by atoms with Gasteiger partial charge in [-0.15, -0.1) is 11.3 Å². The van der Waals surface area contributed by atoms with Gasteiger partial charge in [0, 0.05) is 22.9 Å². The summed E-state index contributed by atoms with van der Waals surface area (Å²) in [6, 6.07) is 17.9. The van der Waals surface area contributed by atoms with Crippen LogP contribution in [0.15, 0.2) is 69.8 Å². The summed E-state index contributed by atoms with van der Waals surface area (Å²) in [5, 5.41) is 5.71. The van der Waals surface area contributed by atoms with Crippen LogP contribution in [0.4, 0.5) is 5.13 Å². The van der Waals surface area contributed by atoms with E-state index in [1.807, 2.05) is 42.6 Å². The summed E-state index contributed by atoms with van der Waals surface area (Å²) in [7, 11) is 0. The lowest BCUT2D eigenvalue weighted by Gasteiger charge is -1.99. The Morgan fingerprint density at radius 1 is 1.14 bits per heavy atom. The first kappa shape index (κ1) is 18.1. The molecular weight excluding hydrogens is 368 g/mol. The van der Waals surface area contributed by atoms with E-state index in [9.17, 15) is 4.79 Å². The number of aromatic nitrogens is 3. The van der Waals surface area contributed by atoms with Gasteiger partial charge in [0.05, 0.1) is 16.9 Å². The molecule has 0 fully saturated rings. The third-order valence-corrected chi connectivity index (χ3v) is 5.33. The summed E-state index contributed by atoms with van der Waals surface area (Å²) in [5.41, 5.74) is 5.24. The van der Waals surface area contributed by atoms with Crippen molar-refractivity contribution >= 4 is 22.7 Å². The Kier molecular flexibility index (Phi) is 5.04. The van der Waals surface area contributed by atoms with Crippen LogP contribution in [0.25, 0.3) is 16.9 Å². The van der Waals surface area contributed by atoms with Crippen molar-refractivity contribution in [3.8, 4) is 16.9 Å². The number of para-hydroxylation sites is 1. The van der Waals surface area contributed by atoms with Gasteiger partial charge in [0.1, 0.15) is 0 Å². The molecule has 0 spiro atoms. The van der Waals surface area contributed by atoms with E-state index in [1.54, 1.807) is 6.21 Å². The average molecular weight is 388 g/mol. The molecule has 0 saturated heterocycles. The van der Waals surface area contributed by atoms with Crippen molar-refractivity contribution < 1.29 is 0 Å². The van der Waals surface area contributed by atoms with E-state index in [1.165, 1.54) is 21.6 Å². The van der Waals surface area contributed by atoms with Crippen LogP contribution in [-0.2, 0) is 6.42 Å². The molecule has 0 aliphatic rings. The van der Waals surface area contributed by atoms with Crippen molar-refractivity contribution in [1.82, 2.24) is 14.8 Å². The van der Waals surface area contributed by atoms with Crippen LogP contribution < -0.4 is 5.56 Å². The lowest BCUT2D eigenvalue weighted by molar-refractivity contribution is 0.835. The Morgan fingerprint density at radius 3 is 2.61 bits per heavy atom. The number of nitrogens with zero attached hydrogens (tertiary/aromatic N) is 3. The van der Waals surface area contributed by atoms with Gasteiger partial charge in [0.15, 0.2) is 0 Å². The maximum atomic E-state index is 12.7. The predicted molar refractivity (Wildman–Crippen MR) is 115 cm³/mol. The molecule has 2 aromatic heterocycles. The Balaban J connectivity index is 1.59. The minimum atomic E-state index is -0.126. The number of aromatic amines is 1. The molecule has 0 unspecified atom stereocenters. The molecule has 0 bridgehead atoms. The quantitative estimate of drug-likeness (QED) is 0.494. The monoisotopic (exact) mass is 388 g/mol. The summed E-state index contributed by atoms with van der Waals surface area (Å²) in [5.74, 6) is 0. The summed E-state index contributed by atoms with van der Waals surface area (Å²) in [4.78, 5) is 21.7. The molecule has 1 N–H and O–H groups in total. The molecule has 0 amide bonds. The molecule has 6 heteroatoms. The normalized spacial score (nSPS) is 11.4. The summed E-state index contributed by atoms with van der Waals surface area (Å²) in [6.45, 7) is 4.00.